The van der Waals surface area contributed by atoms with E-state index in [2.05, 4.69) is 10.5 Å². The molecule has 0 atom stereocenters. The first-order chi connectivity index (χ1) is 10.5. The van der Waals surface area contributed by atoms with Gasteiger partial charge < -0.3 is 5.11 Å². The van der Waals surface area contributed by atoms with Crippen LogP contribution in [0.5, 0.6) is 5.75 Å². The van der Waals surface area contributed by atoms with Gasteiger partial charge in [-0.3, -0.25) is 14.9 Å². The zero-order valence-corrected chi connectivity index (χ0v) is 11.7. The van der Waals surface area contributed by atoms with Crippen LogP contribution in [0.25, 0.3) is 0 Å². The number of phenolic OH excluding ortho intramolecular Hbond substituents is 1. The maximum Gasteiger partial charge on any atom is 0.272 e. The van der Waals surface area contributed by atoms with E-state index in [9.17, 15) is 20.0 Å². The van der Waals surface area contributed by atoms with Crippen molar-refractivity contribution in [1.82, 2.24) is 5.43 Å². The molecule has 0 unspecified atom stereocenters. The largest absolute Gasteiger partial charge is 0.507 e. The molecule has 0 aliphatic carbocycles. The lowest BCUT2D eigenvalue weighted by Crippen LogP contribution is -2.17. The Morgan fingerprint density at radius 2 is 2.05 bits per heavy atom. The Kier molecular flexibility index (Phi) is 4.47. The Morgan fingerprint density at radius 3 is 2.68 bits per heavy atom. The number of amides is 1. The van der Waals surface area contributed by atoms with Crippen molar-refractivity contribution in [2.45, 2.75) is 6.92 Å². The van der Waals surface area contributed by atoms with Crippen LogP contribution in [0.1, 0.15) is 21.5 Å². The second-order valence-corrected chi connectivity index (χ2v) is 4.52. The van der Waals surface area contributed by atoms with E-state index < -0.39 is 10.8 Å². The fourth-order valence-electron chi connectivity index (χ4n) is 1.82. The molecule has 2 aromatic carbocycles. The van der Waals surface area contributed by atoms with Crippen molar-refractivity contribution in [3.63, 3.8) is 0 Å². The number of aromatic hydroxyl groups is 1. The minimum absolute atomic E-state index is 0.0470. The summed E-state index contributed by atoms with van der Waals surface area (Å²) in [5.74, 6) is -0.448. The van der Waals surface area contributed by atoms with E-state index in [4.69, 9.17) is 0 Å². The van der Waals surface area contributed by atoms with Gasteiger partial charge in [-0.15, -0.1) is 0 Å². The molecule has 2 rings (SSSR count). The van der Waals surface area contributed by atoms with Gasteiger partial charge in [0.1, 0.15) is 5.75 Å². The van der Waals surface area contributed by atoms with Gasteiger partial charge in [0.05, 0.1) is 11.1 Å². The molecule has 2 N–H and O–H groups in total. The molecule has 0 aromatic heterocycles. The molecule has 2 aromatic rings. The summed E-state index contributed by atoms with van der Waals surface area (Å²) in [5, 5.41) is 24.0. The maximum absolute atomic E-state index is 11.9. The molecule has 1 amide bonds. The molecule has 0 spiro atoms. The van der Waals surface area contributed by atoms with Gasteiger partial charge in [-0.1, -0.05) is 12.1 Å². The van der Waals surface area contributed by atoms with E-state index in [1.165, 1.54) is 30.5 Å². The minimum Gasteiger partial charge on any atom is -0.507 e. The summed E-state index contributed by atoms with van der Waals surface area (Å²) in [7, 11) is 0. The van der Waals surface area contributed by atoms with E-state index in [1.54, 1.807) is 25.1 Å². The number of phenols is 1. The van der Waals surface area contributed by atoms with E-state index in [0.717, 1.165) is 0 Å². The lowest BCUT2D eigenvalue weighted by molar-refractivity contribution is -0.385. The zero-order valence-electron chi connectivity index (χ0n) is 11.7. The topological polar surface area (TPSA) is 105 Å². The number of hydrogen-bond donors (Lipinski definition) is 2. The van der Waals surface area contributed by atoms with Crippen LogP contribution in [0.15, 0.2) is 47.6 Å². The van der Waals surface area contributed by atoms with Crippen LogP contribution in [0, 0.1) is 17.0 Å². The first-order valence-corrected chi connectivity index (χ1v) is 6.35. The first-order valence-electron chi connectivity index (χ1n) is 6.35. The molecule has 112 valence electrons. The number of benzene rings is 2. The summed E-state index contributed by atoms with van der Waals surface area (Å²) in [6, 6.07) is 10.6. The number of aryl methyl sites for hydroxylation is 1. The molecule has 7 heteroatoms. The number of hydrogen-bond acceptors (Lipinski definition) is 5. The van der Waals surface area contributed by atoms with Crippen LogP contribution in [-0.2, 0) is 0 Å². The molecule has 22 heavy (non-hydrogen) atoms. The number of hydrazone groups is 1. The number of rotatable bonds is 4. The van der Waals surface area contributed by atoms with Crippen molar-refractivity contribution in [3.8, 4) is 5.75 Å². The lowest BCUT2D eigenvalue weighted by atomic mass is 10.1. The summed E-state index contributed by atoms with van der Waals surface area (Å²) in [6.45, 7) is 1.56. The van der Waals surface area contributed by atoms with E-state index in [0.29, 0.717) is 11.1 Å². The standard InChI is InChI=1S/C15H13N3O4/c1-10-8-11(6-7-13(10)18(21)22)15(20)17-16-9-12-4-2-3-5-14(12)19/h2-9,19H,1H3,(H,17,20). The Labute approximate surface area is 126 Å². The van der Waals surface area contributed by atoms with Gasteiger partial charge in [-0.05, 0) is 31.2 Å². The number of nitro groups is 1. The number of carbonyl (C=O) groups excluding carboxylic acids is 1. The fourth-order valence-corrected chi connectivity index (χ4v) is 1.82. The summed E-state index contributed by atoms with van der Waals surface area (Å²) in [5.41, 5.74) is 3.37. The Hall–Kier alpha value is -3.22. The highest BCUT2D eigenvalue weighted by atomic mass is 16.6. The molecular weight excluding hydrogens is 286 g/mol. The number of nitro benzene ring substituents is 1. The molecule has 0 saturated heterocycles. The number of para-hydroxylation sites is 1. The average molecular weight is 299 g/mol. The van der Waals surface area contributed by atoms with Crippen molar-refractivity contribution in [3.05, 3.63) is 69.3 Å². The van der Waals surface area contributed by atoms with Crippen LogP contribution < -0.4 is 5.43 Å². The van der Waals surface area contributed by atoms with Gasteiger partial charge in [-0.25, -0.2) is 5.43 Å². The Morgan fingerprint density at radius 1 is 1.32 bits per heavy atom. The molecule has 0 aliphatic rings. The number of carbonyl (C=O) groups is 1. The molecule has 0 aliphatic heterocycles. The number of nitrogens with one attached hydrogen (secondary N) is 1. The minimum atomic E-state index is -0.507. The zero-order chi connectivity index (χ0) is 16.1. The molecule has 0 radical (unpaired) electrons. The van der Waals surface area contributed by atoms with Crippen LogP contribution in [0.3, 0.4) is 0 Å². The highest BCUT2D eigenvalue weighted by molar-refractivity contribution is 5.95. The van der Waals surface area contributed by atoms with Gasteiger partial charge >= 0.3 is 0 Å². The van der Waals surface area contributed by atoms with E-state index in [1.807, 2.05) is 0 Å². The Bertz CT molecular complexity index is 756. The van der Waals surface area contributed by atoms with Crippen LogP contribution >= 0.6 is 0 Å². The van der Waals surface area contributed by atoms with Crippen molar-refractivity contribution in [1.29, 1.82) is 0 Å². The third kappa shape index (κ3) is 3.45. The summed E-state index contributed by atoms with van der Waals surface area (Å²) in [6.07, 6.45) is 1.31. The molecular formula is C15H13N3O4. The second kappa shape index (κ2) is 6.49. The highest BCUT2D eigenvalue weighted by Crippen LogP contribution is 2.18. The normalized spacial score (nSPS) is 10.6. The van der Waals surface area contributed by atoms with Crippen molar-refractivity contribution >= 4 is 17.8 Å². The molecule has 0 saturated carbocycles. The van der Waals surface area contributed by atoms with Gasteiger partial charge in [0.2, 0.25) is 0 Å². The van der Waals surface area contributed by atoms with Crippen molar-refractivity contribution in [2.24, 2.45) is 5.10 Å². The Balaban J connectivity index is 2.08. The fraction of sp³-hybridized carbons (Fsp3) is 0.0667. The predicted molar refractivity (Wildman–Crippen MR) is 81.0 cm³/mol. The summed E-state index contributed by atoms with van der Waals surface area (Å²) in [4.78, 5) is 22.1. The average Bonchev–Trinajstić information content (AvgIpc) is 2.48. The quantitative estimate of drug-likeness (QED) is 0.513. The third-order valence-electron chi connectivity index (χ3n) is 2.96. The van der Waals surface area contributed by atoms with Gasteiger partial charge in [0, 0.05) is 22.8 Å². The highest BCUT2D eigenvalue weighted by Gasteiger charge is 2.13. The molecule has 7 nitrogen and oxygen atoms in total. The van der Waals surface area contributed by atoms with Gasteiger partial charge in [0.25, 0.3) is 11.6 Å². The number of nitrogens with zero attached hydrogens (tertiary/aromatic N) is 2. The smallest absolute Gasteiger partial charge is 0.272 e. The van der Waals surface area contributed by atoms with Crippen molar-refractivity contribution in [2.75, 3.05) is 0 Å². The maximum atomic E-state index is 11.9. The van der Waals surface area contributed by atoms with Crippen LogP contribution in [0.2, 0.25) is 0 Å². The first kappa shape index (κ1) is 15.2. The molecule has 0 bridgehead atoms. The second-order valence-electron chi connectivity index (χ2n) is 4.52. The van der Waals surface area contributed by atoms with Gasteiger partial charge in [0.15, 0.2) is 0 Å². The molecule has 0 fully saturated rings. The molecule has 0 heterocycles. The van der Waals surface area contributed by atoms with Crippen molar-refractivity contribution < 1.29 is 14.8 Å². The summed E-state index contributed by atoms with van der Waals surface area (Å²) >= 11 is 0. The lowest BCUT2D eigenvalue weighted by Gasteiger charge is -2.02. The summed E-state index contributed by atoms with van der Waals surface area (Å²) < 4.78 is 0. The predicted octanol–water partition coefficient (Wildman–Crippen LogP) is 2.37. The van der Waals surface area contributed by atoms with E-state index in [-0.39, 0.29) is 17.0 Å². The SMILES string of the molecule is Cc1cc(C(=O)NN=Cc2ccccc2O)ccc1[N+](=O)[O-]. The third-order valence-corrected chi connectivity index (χ3v) is 2.96. The monoisotopic (exact) mass is 299 g/mol. The van der Waals surface area contributed by atoms with Gasteiger partial charge in [-0.2, -0.15) is 5.10 Å². The van der Waals surface area contributed by atoms with Crippen LogP contribution in [-0.4, -0.2) is 22.2 Å². The van der Waals surface area contributed by atoms with Crippen LogP contribution in [0.4, 0.5) is 5.69 Å². The van der Waals surface area contributed by atoms with E-state index >= 15 is 0 Å².